The van der Waals surface area contributed by atoms with Crippen LogP contribution < -0.4 is 0 Å². The van der Waals surface area contributed by atoms with Gasteiger partial charge in [-0.3, -0.25) is 4.99 Å². The Morgan fingerprint density at radius 2 is 2.16 bits per heavy atom. The van der Waals surface area contributed by atoms with Crippen LogP contribution in [0.15, 0.2) is 46.7 Å². The molecule has 0 saturated carbocycles. The first-order chi connectivity index (χ1) is 9.04. The highest BCUT2D eigenvalue weighted by atomic mass is 35.5. The molecular weight excluding hydrogens is 266 g/mol. The van der Waals surface area contributed by atoms with Gasteiger partial charge in [0.1, 0.15) is 11.3 Å². The summed E-state index contributed by atoms with van der Waals surface area (Å²) < 4.78 is 0. The van der Waals surface area contributed by atoms with Gasteiger partial charge in [0.05, 0.1) is 0 Å². The third-order valence-corrected chi connectivity index (χ3v) is 2.43. The van der Waals surface area contributed by atoms with Gasteiger partial charge in [-0.1, -0.05) is 29.8 Å². The maximum Gasteiger partial charge on any atom is 0.341 e. The van der Waals surface area contributed by atoms with E-state index in [0.29, 0.717) is 11.6 Å². The monoisotopic (exact) mass is 279 g/mol. The number of allylic oxidation sites excluding steroid dienone is 1. The molecule has 0 aliphatic heterocycles. The Hall–Kier alpha value is -2.07. The molecule has 0 aliphatic carbocycles. The van der Waals surface area contributed by atoms with Crippen LogP contribution in [-0.4, -0.2) is 28.9 Å². The fourth-order valence-electron chi connectivity index (χ4n) is 1.29. The number of hydrogen-bond donors (Lipinski definition) is 2. The quantitative estimate of drug-likeness (QED) is 0.376. The predicted molar refractivity (Wildman–Crippen MR) is 76.8 cm³/mol. The molecule has 1 rings (SSSR count). The molecule has 0 atom stereocenters. The van der Waals surface area contributed by atoms with Crippen LogP contribution in [0.2, 0.25) is 5.02 Å². The molecule has 0 saturated heterocycles. The van der Waals surface area contributed by atoms with Crippen LogP contribution >= 0.6 is 11.6 Å². The number of carboxylic acids is 1. The summed E-state index contributed by atoms with van der Waals surface area (Å²) >= 11 is 5.82. The number of aliphatic imine (C=N–C) groups is 1. The summed E-state index contributed by atoms with van der Waals surface area (Å²) in [4.78, 5) is 14.8. The van der Waals surface area contributed by atoms with Gasteiger partial charge in [-0.25, -0.2) is 4.79 Å². The first-order valence-electron chi connectivity index (χ1n) is 5.64. The van der Waals surface area contributed by atoms with Crippen LogP contribution in [0.1, 0.15) is 12.5 Å². The van der Waals surface area contributed by atoms with Crippen molar-refractivity contribution in [2.45, 2.75) is 6.92 Å². The number of carboxylic acid groups (broad SMARTS) is 1. The lowest BCUT2D eigenvalue weighted by Gasteiger charge is -1.98. The second-order valence-electron chi connectivity index (χ2n) is 3.62. The predicted octanol–water partition coefficient (Wildman–Crippen LogP) is 3.34. The van der Waals surface area contributed by atoms with E-state index < -0.39 is 5.97 Å². The second kappa shape index (κ2) is 7.38. The van der Waals surface area contributed by atoms with Crippen LogP contribution in [-0.2, 0) is 4.79 Å². The molecule has 0 aromatic heterocycles. The smallest absolute Gasteiger partial charge is 0.341 e. The summed E-state index contributed by atoms with van der Waals surface area (Å²) in [6, 6.07) is 6.98. The minimum absolute atomic E-state index is 0.250. The average molecular weight is 280 g/mol. The van der Waals surface area contributed by atoms with Crippen LogP contribution in [0.3, 0.4) is 0 Å². The number of aliphatic hydroxyl groups is 1. The van der Waals surface area contributed by atoms with Gasteiger partial charge in [-0.05, 0) is 30.7 Å². The summed E-state index contributed by atoms with van der Waals surface area (Å²) in [5.41, 5.74) is 0.511. The first-order valence-corrected chi connectivity index (χ1v) is 6.02. The van der Waals surface area contributed by atoms with E-state index in [1.54, 1.807) is 37.3 Å². The van der Waals surface area contributed by atoms with Gasteiger partial charge in [-0.15, -0.1) is 0 Å². The van der Waals surface area contributed by atoms with E-state index in [0.717, 1.165) is 11.8 Å². The average Bonchev–Trinajstić information content (AvgIpc) is 2.36. The molecule has 0 amide bonds. The van der Waals surface area contributed by atoms with Crippen molar-refractivity contribution in [1.29, 1.82) is 0 Å². The van der Waals surface area contributed by atoms with Gasteiger partial charge < -0.3 is 10.2 Å². The summed E-state index contributed by atoms with van der Waals surface area (Å²) in [5, 5.41) is 19.2. The topological polar surface area (TPSA) is 69.9 Å². The fraction of sp³-hybridized carbons (Fsp3) is 0.143. The molecule has 0 spiro atoms. The number of nitrogens with zero attached hydrogens (tertiary/aromatic N) is 1. The lowest BCUT2D eigenvalue weighted by molar-refractivity contribution is -0.132. The third kappa shape index (κ3) is 4.97. The van der Waals surface area contributed by atoms with E-state index in [4.69, 9.17) is 16.7 Å². The maximum atomic E-state index is 10.9. The van der Waals surface area contributed by atoms with Crippen molar-refractivity contribution in [1.82, 2.24) is 0 Å². The Balaban J connectivity index is 3.00. The van der Waals surface area contributed by atoms with E-state index in [1.807, 2.05) is 0 Å². The SMILES string of the molecule is CCN=C/C(C(=O)O)=C(O)\C=C\c1cccc(Cl)c1. The molecular formula is C14H14ClNO3. The normalized spacial score (nSPS) is 12.9. The van der Waals surface area contributed by atoms with E-state index >= 15 is 0 Å². The molecule has 5 heteroatoms. The number of carbonyl (C=O) groups is 1. The van der Waals surface area contributed by atoms with Crippen molar-refractivity contribution in [2.24, 2.45) is 4.99 Å². The second-order valence-corrected chi connectivity index (χ2v) is 4.06. The molecule has 19 heavy (non-hydrogen) atoms. The van der Waals surface area contributed by atoms with E-state index in [-0.39, 0.29) is 11.3 Å². The molecule has 1 aromatic rings. The molecule has 0 aliphatic rings. The van der Waals surface area contributed by atoms with Crippen LogP contribution in [0.4, 0.5) is 0 Å². The Labute approximate surface area is 116 Å². The van der Waals surface area contributed by atoms with Gasteiger partial charge >= 0.3 is 5.97 Å². The van der Waals surface area contributed by atoms with Crippen molar-refractivity contribution >= 4 is 29.9 Å². The van der Waals surface area contributed by atoms with E-state index in [1.165, 1.54) is 6.08 Å². The van der Waals surface area contributed by atoms with E-state index in [9.17, 15) is 9.90 Å². The molecule has 0 fully saturated rings. The van der Waals surface area contributed by atoms with Crippen molar-refractivity contribution in [3.63, 3.8) is 0 Å². The molecule has 0 bridgehead atoms. The number of benzene rings is 1. The molecule has 100 valence electrons. The van der Waals surface area contributed by atoms with Gasteiger partial charge in [0.2, 0.25) is 0 Å². The van der Waals surface area contributed by atoms with Crippen molar-refractivity contribution in [2.75, 3.05) is 6.54 Å². The summed E-state index contributed by atoms with van der Waals surface area (Å²) in [5.74, 6) is -1.59. The van der Waals surface area contributed by atoms with Crippen LogP contribution in [0, 0.1) is 0 Å². The number of aliphatic carboxylic acids is 1. The Bertz CT molecular complexity index is 547. The molecule has 4 nitrogen and oxygen atoms in total. The van der Waals surface area contributed by atoms with Crippen molar-refractivity contribution < 1.29 is 15.0 Å². The number of halogens is 1. The highest BCUT2D eigenvalue weighted by Crippen LogP contribution is 2.13. The Kier molecular flexibility index (Phi) is 5.82. The minimum Gasteiger partial charge on any atom is -0.507 e. The molecule has 0 heterocycles. The largest absolute Gasteiger partial charge is 0.507 e. The summed E-state index contributed by atoms with van der Waals surface area (Å²) in [6.45, 7) is 2.22. The van der Waals surface area contributed by atoms with Crippen LogP contribution in [0.25, 0.3) is 6.08 Å². The van der Waals surface area contributed by atoms with E-state index in [2.05, 4.69) is 4.99 Å². The lowest BCUT2D eigenvalue weighted by Crippen LogP contribution is -2.05. The van der Waals surface area contributed by atoms with Crippen LogP contribution in [0.5, 0.6) is 0 Å². The summed E-state index contributed by atoms with van der Waals surface area (Å²) in [6.07, 6.45) is 4.01. The zero-order valence-corrected chi connectivity index (χ0v) is 11.1. The minimum atomic E-state index is -1.23. The van der Waals surface area contributed by atoms with Crippen molar-refractivity contribution in [3.05, 3.63) is 52.3 Å². The maximum absolute atomic E-state index is 10.9. The standard InChI is InChI=1S/C14H14ClNO3/c1-2-16-9-12(14(18)19)13(17)7-6-10-4-3-5-11(15)8-10/h3-9,17H,2H2,1H3,(H,18,19)/b7-6+,13-12-,16-9?. The first kappa shape index (κ1) is 15.0. The highest BCUT2D eigenvalue weighted by molar-refractivity contribution is 6.30. The number of hydrogen-bond acceptors (Lipinski definition) is 3. The Morgan fingerprint density at radius 3 is 2.74 bits per heavy atom. The lowest BCUT2D eigenvalue weighted by atomic mass is 10.1. The summed E-state index contributed by atoms with van der Waals surface area (Å²) in [7, 11) is 0. The zero-order chi connectivity index (χ0) is 14.3. The highest BCUT2D eigenvalue weighted by Gasteiger charge is 2.09. The van der Waals surface area contributed by atoms with Gasteiger partial charge in [0.25, 0.3) is 0 Å². The Morgan fingerprint density at radius 1 is 1.42 bits per heavy atom. The molecule has 1 aromatic carbocycles. The van der Waals surface area contributed by atoms with Gasteiger partial charge in [0, 0.05) is 17.8 Å². The zero-order valence-electron chi connectivity index (χ0n) is 10.4. The molecule has 0 unspecified atom stereocenters. The fourth-order valence-corrected chi connectivity index (χ4v) is 1.49. The molecule has 0 radical (unpaired) electrons. The van der Waals surface area contributed by atoms with Crippen molar-refractivity contribution in [3.8, 4) is 0 Å². The third-order valence-electron chi connectivity index (χ3n) is 2.19. The number of aliphatic hydroxyl groups excluding tert-OH is 1. The van der Waals surface area contributed by atoms with Gasteiger partial charge in [-0.2, -0.15) is 0 Å². The molecule has 2 N–H and O–H groups in total. The number of rotatable bonds is 5. The van der Waals surface area contributed by atoms with Gasteiger partial charge in [0.15, 0.2) is 0 Å².